The number of carbonyl (C=O) groups excluding carboxylic acids is 1. The second-order valence-electron chi connectivity index (χ2n) is 3.76. The molecule has 0 amide bonds. The first kappa shape index (κ1) is 8.05. The zero-order chi connectivity index (χ0) is 8.55. The Morgan fingerprint density at radius 2 is 2.08 bits per heavy atom. The summed E-state index contributed by atoms with van der Waals surface area (Å²) in [4.78, 5) is 11.1. The third-order valence-electron chi connectivity index (χ3n) is 2.86. The second-order valence-corrected chi connectivity index (χ2v) is 3.76. The fourth-order valence-electron chi connectivity index (χ4n) is 1.97. The molecule has 1 aliphatic carbocycles. The van der Waals surface area contributed by atoms with Gasteiger partial charge in [0.05, 0.1) is 7.11 Å². The minimum Gasteiger partial charge on any atom is -0.468 e. The topological polar surface area (TPSA) is 38.3 Å². The fourth-order valence-corrected chi connectivity index (χ4v) is 1.97. The molecule has 1 saturated heterocycles. The van der Waals surface area contributed by atoms with Crippen molar-refractivity contribution in [3.05, 3.63) is 0 Å². The van der Waals surface area contributed by atoms with E-state index in [1.165, 1.54) is 20.0 Å². The van der Waals surface area contributed by atoms with E-state index in [1.54, 1.807) is 0 Å². The highest BCUT2D eigenvalue weighted by atomic mass is 16.5. The van der Waals surface area contributed by atoms with Crippen LogP contribution in [0.1, 0.15) is 25.7 Å². The Kier molecular flexibility index (Phi) is 2.05. The molecule has 2 rings (SSSR count). The summed E-state index contributed by atoms with van der Waals surface area (Å²) in [6.07, 6.45) is 4.77. The van der Waals surface area contributed by atoms with Crippen LogP contribution in [0.25, 0.3) is 0 Å². The minimum absolute atomic E-state index is 0.0272. The average molecular weight is 169 g/mol. The molecule has 1 saturated carbocycles. The van der Waals surface area contributed by atoms with Crippen LogP contribution >= 0.6 is 0 Å². The van der Waals surface area contributed by atoms with E-state index in [0.29, 0.717) is 6.04 Å². The number of methoxy groups -OCH3 is 1. The van der Waals surface area contributed by atoms with Gasteiger partial charge in [0.2, 0.25) is 0 Å². The lowest BCUT2D eigenvalue weighted by atomic mass is 10.1. The number of carbonyl (C=O) groups is 1. The van der Waals surface area contributed by atoms with Crippen LogP contribution in [0.3, 0.4) is 0 Å². The maximum Gasteiger partial charge on any atom is 0.322 e. The quantitative estimate of drug-likeness (QED) is 0.618. The average Bonchev–Trinajstić information content (AvgIpc) is 2.83. The first-order valence-electron chi connectivity index (χ1n) is 4.65. The summed E-state index contributed by atoms with van der Waals surface area (Å²) >= 11 is 0. The van der Waals surface area contributed by atoms with Gasteiger partial charge >= 0.3 is 5.97 Å². The molecule has 0 spiro atoms. The van der Waals surface area contributed by atoms with Crippen molar-refractivity contribution in [2.45, 2.75) is 37.8 Å². The lowest BCUT2D eigenvalue weighted by molar-refractivity contribution is -0.142. The summed E-state index contributed by atoms with van der Waals surface area (Å²) in [5, 5.41) is 3.33. The molecule has 2 fully saturated rings. The predicted octanol–water partition coefficient (Wildman–Crippen LogP) is 0.690. The van der Waals surface area contributed by atoms with E-state index >= 15 is 0 Å². The van der Waals surface area contributed by atoms with E-state index in [0.717, 1.165) is 18.8 Å². The fraction of sp³-hybridized carbons (Fsp3) is 0.889. The van der Waals surface area contributed by atoms with E-state index < -0.39 is 0 Å². The highest BCUT2D eigenvalue weighted by molar-refractivity contribution is 5.76. The van der Waals surface area contributed by atoms with Gasteiger partial charge in [-0.15, -0.1) is 0 Å². The van der Waals surface area contributed by atoms with Crippen LogP contribution in [-0.4, -0.2) is 25.2 Å². The lowest BCUT2D eigenvalue weighted by Gasteiger charge is -2.11. The molecule has 3 nitrogen and oxygen atoms in total. The number of rotatable bonds is 2. The van der Waals surface area contributed by atoms with Gasteiger partial charge in [-0.05, 0) is 31.6 Å². The molecule has 0 aromatic carbocycles. The van der Waals surface area contributed by atoms with Crippen molar-refractivity contribution in [2.75, 3.05) is 7.11 Å². The molecule has 0 bridgehead atoms. The van der Waals surface area contributed by atoms with Crippen molar-refractivity contribution in [3.8, 4) is 0 Å². The Morgan fingerprint density at radius 1 is 1.33 bits per heavy atom. The Balaban J connectivity index is 1.84. The first-order valence-corrected chi connectivity index (χ1v) is 4.65. The Bertz CT molecular complexity index is 189. The highest BCUT2D eigenvalue weighted by Gasteiger charge is 2.38. The van der Waals surface area contributed by atoms with E-state index in [4.69, 9.17) is 0 Å². The summed E-state index contributed by atoms with van der Waals surface area (Å²) in [5.74, 6) is 0.748. The van der Waals surface area contributed by atoms with E-state index in [-0.39, 0.29) is 12.0 Å². The number of hydrogen-bond donors (Lipinski definition) is 1. The molecular formula is C9H15NO2. The number of esters is 1. The molecule has 2 unspecified atom stereocenters. The van der Waals surface area contributed by atoms with E-state index in [2.05, 4.69) is 10.1 Å². The molecule has 3 heteroatoms. The summed E-state index contributed by atoms with van der Waals surface area (Å²) in [6.45, 7) is 0. The Morgan fingerprint density at radius 3 is 2.67 bits per heavy atom. The SMILES string of the molecule is COC(=O)C1CCC(C2CC2)N1. The van der Waals surface area contributed by atoms with Gasteiger partial charge < -0.3 is 10.1 Å². The van der Waals surface area contributed by atoms with Crippen LogP contribution in [0.4, 0.5) is 0 Å². The molecular weight excluding hydrogens is 154 g/mol. The van der Waals surface area contributed by atoms with Crippen LogP contribution in [-0.2, 0) is 9.53 Å². The molecule has 0 aromatic rings. The third kappa shape index (κ3) is 1.46. The summed E-state index contributed by atoms with van der Waals surface area (Å²) < 4.78 is 4.68. The van der Waals surface area contributed by atoms with Gasteiger partial charge in [-0.1, -0.05) is 0 Å². The molecule has 2 aliphatic rings. The van der Waals surface area contributed by atoms with Gasteiger partial charge in [0, 0.05) is 6.04 Å². The second kappa shape index (κ2) is 3.05. The summed E-state index contributed by atoms with van der Waals surface area (Å²) in [6, 6.07) is 0.565. The molecule has 12 heavy (non-hydrogen) atoms. The first-order chi connectivity index (χ1) is 5.81. The van der Waals surface area contributed by atoms with E-state index in [1.807, 2.05) is 0 Å². The standard InChI is InChI=1S/C9H15NO2/c1-12-9(11)8-5-4-7(10-8)6-2-3-6/h6-8,10H,2-5H2,1H3. The van der Waals surface area contributed by atoms with Crippen LogP contribution in [0.5, 0.6) is 0 Å². The number of nitrogens with one attached hydrogen (secondary N) is 1. The van der Waals surface area contributed by atoms with E-state index in [9.17, 15) is 4.79 Å². The van der Waals surface area contributed by atoms with Crippen molar-refractivity contribution in [1.29, 1.82) is 0 Å². The van der Waals surface area contributed by atoms with Crippen LogP contribution in [0.15, 0.2) is 0 Å². The van der Waals surface area contributed by atoms with Crippen LogP contribution in [0, 0.1) is 5.92 Å². The highest BCUT2D eigenvalue weighted by Crippen LogP contribution is 2.37. The molecule has 0 aromatic heterocycles. The third-order valence-corrected chi connectivity index (χ3v) is 2.86. The van der Waals surface area contributed by atoms with Gasteiger partial charge in [-0.2, -0.15) is 0 Å². The van der Waals surface area contributed by atoms with Gasteiger partial charge in [0.1, 0.15) is 6.04 Å². The van der Waals surface area contributed by atoms with Crippen molar-refractivity contribution in [2.24, 2.45) is 5.92 Å². The largest absolute Gasteiger partial charge is 0.468 e. The van der Waals surface area contributed by atoms with Gasteiger partial charge in [-0.3, -0.25) is 4.79 Å². The smallest absolute Gasteiger partial charge is 0.322 e. The summed E-state index contributed by atoms with van der Waals surface area (Å²) in [5.41, 5.74) is 0. The van der Waals surface area contributed by atoms with Gasteiger partial charge in [-0.25, -0.2) is 0 Å². The molecule has 1 heterocycles. The molecule has 1 aliphatic heterocycles. The van der Waals surface area contributed by atoms with Crippen molar-refractivity contribution in [1.82, 2.24) is 5.32 Å². The molecule has 0 radical (unpaired) electrons. The number of ether oxygens (including phenoxy) is 1. The number of hydrogen-bond acceptors (Lipinski definition) is 3. The Hall–Kier alpha value is -0.570. The molecule has 68 valence electrons. The van der Waals surface area contributed by atoms with Gasteiger partial charge in [0.25, 0.3) is 0 Å². The van der Waals surface area contributed by atoms with Crippen LogP contribution < -0.4 is 5.32 Å². The van der Waals surface area contributed by atoms with Crippen LogP contribution in [0.2, 0.25) is 0 Å². The monoisotopic (exact) mass is 169 g/mol. The summed E-state index contributed by atoms with van der Waals surface area (Å²) in [7, 11) is 1.45. The molecule has 2 atom stereocenters. The predicted molar refractivity (Wildman–Crippen MR) is 44.7 cm³/mol. The van der Waals surface area contributed by atoms with Crippen molar-refractivity contribution < 1.29 is 9.53 Å². The maximum atomic E-state index is 11.1. The lowest BCUT2D eigenvalue weighted by Crippen LogP contribution is -2.37. The minimum atomic E-state index is -0.0989. The maximum absolute atomic E-state index is 11.1. The van der Waals surface area contributed by atoms with Crippen molar-refractivity contribution >= 4 is 5.97 Å². The zero-order valence-corrected chi connectivity index (χ0v) is 7.38. The normalized spacial score (nSPS) is 35.1. The van der Waals surface area contributed by atoms with Crippen molar-refractivity contribution in [3.63, 3.8) is 0 Å². The zero-order valence-electron chi connectivity index (χ0n) is 7.38. The van der Waals surface area contributed by atoms with Gasteiger partial charge in [0.15, 0.2) is 0 Å². The Labute approximate surface area is 72.5 Å². The molecule has 1 N–H and O–H groups in total.